The summed E-state index contributed by atoms with van der Waals surface area (Å²) in [6.45, 7) is 6.18. The number of carbonyl (C=O) groups is 1. The molecule has 1 aromatic carbocycles. The summed E-state index contributed by atoms with van der Waals surface area (Å²) < 4.78 is 2.03. The summed E-state index contributed by atoms with van der Waals surface area (Å²) in [5, 5.41) is 12.1. The van der Waals surface area contributed by atoms with Crippen molar-refractivity contribution in [1.29, 1.82) is 5.26 Å². The van der Waals surface area contributed by atoms with Gasteiger partial charge in [-0.15, -0.1) is 0 Å². The fraction of sp³-hybridized carbons (Fsp3) is 0.263. The Kier molecular flexibility index (Phi) is 5.37. The first-order valence-corrected chi connectivity index (χ1v) is 7.73. The molecule has 0 saturated carbocycles. The van der Waals surface area contributed by atoms with Crippen LogP contribution in [-0.2, 0) is 11.2 Å². The highest BCUT2D eigenvalue weighted by molar-refractivity contribution is 6.09. The lowest BCUT2D eigenvalue weighted by Gasteiger charge is -2.09. The summed E-state index contributed by atoms with van der Waals surface area (Å²) in [6, 6.07) is 11.8. The van der Waals surface area contributed by atoms with Crippen LogP contribution >= 0.6 is 0 Å². The van der Waals surface area contributed by atoms with Gasteiger partial charge in [0, 0.05) is 24.1 Å². The number of para-hydroxylation sites is 1. The summed E-state index contributed by atoms with van der Waals surface area (Å²) in [4.78, 5) is 12.3. The molecule has 0 atom stereocenters. The molecule has 0 radical (unpaired) electrons. The molecule has 4 nitrogen and oxygen atoms in total. The molecule has 0 unspecified atom stereocenters. The number of aryl methyl sites for hydroxylation is 1. The third kappa shape index (κ3) is 4.10. The van der Waals surface area contributed by atoms with Gasteiger partial charge in [-0.3, -0.25) is 4.79 Å². The van der Waals surface area contributed by atoms with Gasteiger partial charge in [0.15, 0.2) is 0 Å². The molecule has 0 aliphatic carbocycles. The number of benzene rings is 1. The number of hydrogen-bond acceptors (Lipinski definition) is 2. The largest absolute Gasteiger partial charge is 0.351 e. The Bertz CT molecular complexity index is 763. The number of hydrogen-bond donors (Lipinski definition) is 1. The fourth-order valence-corrected chi connectivity index (χ4v) is 2.29. The molecule has 1 N–H and O–H groups in total. The van der Waals surface area contributed by atoms with E-state index in [9.17, 15) is 10.1 Å². The first-order valence-electron chi connectivity index (χ1n) is 7.73. The number of amides is 1. The summed E-state index contributed by atoms with van der Waals surface area (Å²) >= 11 is 0. The highest BCUT2D eigenvalue weighted by atomic mass is 16.1. The summed E-state index contributed by atoms with van der Waals surface area (Å²) in [7, 11) is 0. The van der Waals surface area contributed by atoms with Crippen molar-refractivity contribution < 1.29 is 4.79 Å². The zero-order chi connectivity index (χ0) is 16.8. The van der Waals surface area contributed by atoms with Gasteiger partial charge in [-0.2, -0.15) is 5.26 Å². The average Bonchev–Trinajstić information content (AvgIpc) is 3.02. The van der Waals surface area contributed by atoms with E-state index in [0.29, 0.717) is 6.04 Å². The Labute approximate surface area is 137 Å². The van der Waals surface area contributed by atoms with E-state index in [1.54, 1.807) is 6.08 Å². The topological polar surface area (TPSA) is 57.8 Å². The molecule has 2 aromatic rings. The van der Waals surface area contributed by atoms with E-state index in [-0.39, 0.29) is 11.5 Å². The Balaban J connectivity index is 2.21. The maximum absolute atomic E-state index is 12.3. The van der Waals surface area contributed by atoms with Crippen LogP contribution in [0.25, 0.3) is 6.08 Å². The van der Waals surface area contributed by atoms with E-state index < -0.39 is 0 Å². The van der Waals surface area contributed by atoms with E-state index >= 15 is 0 Å². The van der Waals surface area contributed by atoms with Crippen LogP contribution in [0.5, 0.6) is 0 Å². The molecule has 2 rings (SSSR count). The normalized spacial score (nSPS) is 11.3. The molecule has 1 aromatic heterocycles. The first kappa shape index (κ1) is 16.6. The highest BCUT2D eigenvalue weighted by Crippen LogP contribution is 2.17. The summed E-state index contributed by atoms with van der Waals surface area (Å²) in [5.41, 5.74) is 2.73. The SMILES string of the molecule is CCc1ccccc1NC(=O)/C(C#N)=C/c1ccn(C(C)C)c1. The van der Waals surface area contributed by atoms with Crippen LogP contribution in [0.1, 0.15) is 37.9 Å². The number of aromatic nitrogens is 1. The second-order valence-corrected chi connectivity index (χ2v) is 5.62. The van der Waals surface area contributed by atoms with Crippen LogP contribution < -0.4 is 5.32 Å². The molecule has 1 amide bonds. The van der Waals surface area contributed by atoms with Crippen LogP contribution in [0.15, 0.2) is 48.3 Å². The van der Waals surface area contributed by atoms with Gasteiger partial charge in [0.1, 0.15) is 11.6 Å². The molecule has 118 valence electrons. The van der Waals surface area contributed by atoms with Crippen LogP contribution in [-0.4, -0.2) is 10.5 Å². The molecule has 0 fully saturated rings. The van der Waals surface area contributed by atoms with E-state index in [2.05, 4.69) is 19.2 Å². The van der Waals surface area contributed by atoms with Gasteiger partial charge in [0.05, 0.1) is 0 Å². The second kappa shape index (κ2) is 7.46. The van der Waals surface area contributed by atoms with Crippen molar-refractivity contribution in [2.24, 2.45) is 0 Å². The van der Waals surface area contributed by atoms with Gasteiger partial charge in [0.2, 0.25) is 0 Å². The van der Waals surface area contributed by atoms with Crippen molar-refractivity contribution in [3.63, 3.8) is 0 Å². The zero-order valence-electron chi connectivity index (χ0n) is 13.7. The average molecular weight is 307 g/mol. The standard InChI is InChI=1S/C19H21N3O/c1-4-16-7-5-6-8-18(16)21-19(23)17(12-20)11-15-9-10-22(13-15)14(2)3/h5-11,13-14H,4H2,1-3H3,(H,21,23)/b17-11+. The smallest absolute Gasteiger partial charge is 0.266 e. The summed E-state index contributed by atoms with van der Waals surface area (Å²) in [5.74, 6) is -0.384. The van der Waals surface area contributed by atoms with Crippen molar-refractivity contribution in [2.75, 3.05) is 5.32 Å². The Morgan fingerprint density at radius 1 is 1.35 bits per heavy atom. The fourth-order valence-electron chi connectivity index (χ4n) is 2.29. The van der Waals surface area contributed by atoms with Crippen LogP contribution in [0, 0.1) is 11.3 Å². The van der Waals surface area contributed by atoms with E-state index in [0.717, 1.165) is 23.2 Å². The van der Waals surface area contributed by atoms with Crippen LogP contribution in [0.3, 0.4) is 0 Å². The van der Waals surface area contributed by atoms with Crippen molar-refractivity contribution in [3.05, 3.63) is 59.4 Å². The van der Waals surface area contributed by atoms with Crippen molar-refractivity contribution >= 4 is 17.7 Å². The van der Waals surface area contributed by atoms with Crippen LogP contribution in [0.2, 0.25) is 0 Å². The quantitative estimate of drug-likeness (QED) is 0.665. The van der Waals surface area contributed by atoms with Gasteiger partial charge >= 0.3 is 0 Å². The number of nitrogens with zero attached hydrogens (tertiary/aromatic N) is 2. The van der Waals surface area contributed by atoms with Gasteiger partial charge in [0.25, 0.3) is 5.91 Å². The highest BCUT2D eigenvalue weighted by Gasteiger charge is 2.11. The van der Waals surface area contributed by atoms with Gasteiger partial charge < -0.3 is 9.88 Å². The third-order valence-electron chi connectivity index (χ3n) is 3.66. The molecule has 0 aliphatic rings. The third-order valence-corrected chi connectivity index (χ3v) is 3.66. The van der Waals surface area contributed by atoms with E-state index in [4.69, 9.17) is 0 Å². The lowest BCUT2D eigenvalue weighted by atomic mass is 10.1. The molecule has 0 spiro atoms. The molecular formula is C19H21N3O. The monoisotopic (exact) mass is 307 g/mol. The van der Waals surface area contributed by atoms with Gasteiger partial charge in [-0.25, -0.2) is 0 Å². The Morgan fingerprint density at radius 2 is 2.09 bits per heavy atom. The molecular weight excluding hydrogens is 286 g/mol. The number of anilines is 1. The van der Waals surface area contributed by atoms with Gasteiger partial charge in [-0.1, -0.05) is 25.1 Å². The minimum Gasteiger partial charge on any atom is -0.351 e. The maximum Gasteiger partial charge on any atom is 0.266 e. The van der Waals surface area contributed by atoms with Crippen molar-refractivity contribution in [1.82, 2.24) is 4.57 Å². The Morgan fingerprint density at radius 3 is 2.70 bits per heavy atom. The summed E-state index contributed by atoms with van der Waals surface area (Å²) in [6.07, 6.45) is 6.30. The lowest BCUT2D eigenvalue weighted by molar-refractivity contribution is -0.112. The minimum absolute atomic E-state index is 0.0948. The predicted octanol–water partition coefficient (Wildman–Crippen LogP) is 4.18. The molecule has 0 bridgehead atoms. The number of carbonyl (C=O) groups excluding carboxylic acids is 1. The maximum atomic E-state index is 12.3. The first-order chi connectivity index (χ1) is 11.0. The molecule has 0 saturated heterocycles. The molecule has 0 aliphatic heterocycles. The second-order valence-electron chi connectivity index (χ2n) is 5.62. The van der Waals surface area contributed by atoms with E-state index in [1.165, 1.54) is 0 Å². The molecule has 4 heteroatoms. The van der Waals surface area contributed by atoms with Crippen molar-refractivity contribution in [3.8, 4) is 6.07 Å². The number of nitrogens with one attached hydrogen (secondary N) is 1. The predicted molar refractivity (Wildman–Crippen MR) is 92.9 cm³/mol. The number of nitriles is 1. The van der Waals surface area contributed by atoms with E-state index in [1.807, 2.05) is 60.3 Å². The van der Waals surface area contributed by atoms with Crippen molar-refractivity contribution in [2.45, 2.75) is 33.2 Å². The van der Waals surface area contributed by atoms with Crippen LogP contribution in [0.4, 0.5) is 5.69 Å². The number of rotatable bonds is 5. The molecule has 23 heavy (non-hydrogen) atoms. The zero-order valence-corrected chi connectivity index (χ0v) is 13.7. The minimum atomic E-state index is -0.384. The Hall–Kier alpha value is -2.80. The lowest BCUT2D eigenvalue weighted by Crippen LogP contribution is -2.14. The molecule has 1 heterocycles. The van der Waals surface area contributed by atoms with Gasteiger partial charge in [-0.05, 0) is 49.6 Å².